The molecule has 0 heteroatoms. The van der Waals surface area contributed by atoms with Gasteiger partial charge in [-0.05, 0) is 115 Å². The van der Waals surface area contributed by atoms with Crippen LogP contribution < -0.4 is 0 Å². The van der Waals surface area contributed by atoms with E-state index in [1.807, 2.05) is 0 Å². The van der Waals surface area contributed by atoms with Crippen molar-refractivity contribution in [2.45, 2.75) is 81.1 Å². The Morgan fingerprint density at radius 2 is 0.583 bits per heavy atom. The fraction of sp³-hybridized carbons (Fsp3) is 0.444. The van der Waals surface area contributed by atoms with Crippen LogP contribution in [0, 0.1) is 23.7 Å². The third kappa shape index (κ3) is 4.84. The van der Waals surface area contributed by atoms with Crippen LogP contribution in [0.25, 0.3) is 43.1 Å². The molecule has 5 aromatic rings. The van der Waals surface area contributed by atoms with Gasteiger partial charge in [0.15, 0.2) is 0 Å². The Morgan fingerprint density at radius 3 is 0.778 bits per heavy atom. The normalized spacial score (nSPS) is 12.8. The van der Waals surface area contributed by atoms with Gasteiger partial charge in [-0.1, -0.05) is 104 Å². The summed E-state index contributed by atoms with van der Waals surface area (Å²) >= 11 is 0. The molecule has 0 N–H and O–H groups in total. The molecule has 0 aliphatic carbocycles. The summed E-state index contributed by atoms with van der Waals surface area (Å²) in [5.41, 5.74) is 5.90. The van der Waals surface area contributed by atoms with E-state index in [0.717, 1.165) is 25.7 Å². The molecule has 5 rings (SSSR count). The van der Waals surface area contributed by atoms with E-state index in [2.05, 4.69) is 104 Å². The molecule has 0 aromatic heterocycles. The smallest absolute Gasteiger partial charge is 0.00260 e. The van der Waals surface area contributed by atoms with Gasteiger partial charge >= 0.3 is 0 Å². The molecule has 0 saturated carbocycles. The zero-order valence-corrected chi connectivity index (χ0v) is 23.8. The molecule has 0 aliphatic heterocycles. The Labute approximate surface area is 218 Å². The second kappa shape index (κ2) is 9.70. The Morgan fingerprint density at radius 1 is 0.361 bits per heavy atom. The first kappa shape index (κ1) is 25.1. The number of benzene rings is 5. The van der Waals surface area contributed by atoms with E-state index in [1.54, 1.807) is 0 Å². The third-order valence-electron chi connectivity index (χ3n) is 7.49. The molecule has 0 nitrogen and oxygen atoms in total. The summed E-state index contributed by atoms with van der Waals surface area (Å²) in [6, 6.07) is 20.0. The van der Waals surface area contributed by atoms with Crippen molar-refractivity contribution in [1.82, 2.24) is 0 Å². The molecular formula is C36H44. The maximum atomic E-state index is 2.52. The molecule has 0 bridgehead atoms. The molecule has 0 unspecified atom stereocenters. The van der Waals surface area contributed by atoms with Crippen molar-refractivity contribution in [3.05, 3.63) is 70.8 Å². The van der Waals surface area contributed by atoms with Crippen molar-refractivity contribution < 1.29 is 0 Å². The van der Waals surface area contributed by atoms with Gasteiger partial charge in [-0.25, -0.2) is 0 Å². The van der Waals surface area contributed by atoms with E-state index < -0.39 is 0 Å². The second-order valence-corrected chi connectivity index (χ2v) is 13.2. The number of rotatable bonds is 8. The fourth-order valence-corrected chi connectivity index (χ4v) is 6.49. The molecule has 0 heterocycles. The summed E-state index contributed by atoms with van der Waals surface area (Å²) in [7, 11) is 0. The quantitative estimate of drug-likeness (QED) is 0.154. The third-order valence-corrected chi connectivity index (χ3v) is 7.49. The van der Waals surface area contributed by atoms with Crippen molar-refractivity contribution in [2.75, 3.05) is 0 Å². The summed E-state index contributed by atoms with van der Waals surface area (Å²) in [6.45, 7) is 18.7. The van der Waals surface area contributed by atoms with Crippen LogP contribution in [0.2, 0.25) is 0 Å². The molecule has 0 aliphatic rings. The molecule has 36 heavy (non-hydrogen) atoms. The van der Waals surface area contributed by atoms with E-state index in [1.165, 1.54) is 65.3 Å². The van der Waals surface area contributed by atoms with Gasteiger partial charge in [0.05, 0.1) is 0 Å². The summed E-state index contributed by atoms with van der Waals surface area (Å²) < 4.78 is 0. The van der Waals surface area contributed by atoms with E-state index in [4.69, 9.17) is 0 Å². The first-order valence-corrected chi connectivity index (χ1v) is 14.3. The van der Waals surface area contributed by atoms with Gasteiger partial charge in [-0.2, -0.15) is 0 Å². The van der Waals surface area contributed by atoms with Crippen LogP contribution in [-0.2, 0) is 25.7 Å². The van der Waals surface area contributed by atoms with Gasteiger partial charge in [-0.3, -0.25) is 0 Å². The highest BCUT2D eigenvalue weighted by Gasteiger charge is 2.18. The zero-order chi connectivity index (χ0) is 25.7. The second-order valence-electron chi connectivity index (χ2n) is 13.2. The van der Waals surface area contributed by atoms with Crippen molar-refractivity contribution in [3.8, 4) is 0 Å². The lowest BCUT2D eigenvalue weighted by Crippen LogP contribution is -2.00. The Bertz CT molecular complexity index is 1300. The van der Waals surface area contributed by atoms with Crippen LogP contribution in [0.4, 0.5) is 0 Å². The maximum absolute atomic E-state index is 2.52. The molecule has 0 spiro atoms. The van der Waals surface area contributed by atoms with Crippen molar-refractivity contribution >= 4 is 43.1 Å². The first-order valence-electron chi connectivity index (χ1n) is 14.3. The predicted octanol–water partition coefficient (Wildman–Crippen LogP) is 10.5. The molecule has 188 valence electrons. The van der Waals surface area contributed by atoms with Crippen LogP contribution in [0.5, 0.6) is 0 Å². The van der Waals surface area contributed by atoms with Crippen molar-refractivity contribution in [2.24, 2.45) is 23.7 Å². The average molecular weight is 477 g/mol. The molecule has 0 atom stereocenters. The number of fused-ring (bicyclic) bond motifs is 2. The monoisotopic (exact) mass is 476 g/mol. The number of hydrogen-bond acceptors (Lipinski definition) is 0. The molecular weight excluding hydrogens is 432 g/mol. The van der Waals surface area contributed by atoms with Crippen molar-refractivity contribution in [3.63, 3.8) is 0 Å². The van der Waals surface area contributed by atoms with E-state index in [9.17, 15) is 0 Å². The zero-order valence-electron chi connectivity index (χ0n) is 23.8. The van der Waals surface area contributed by atoms with Crippen molar-refractivity contribution in [1.29, 1.82) is 0 Å². The number of hydrogen-bond donors (Lipinski definition) is 0. The minimum Gasteiger partial charge on any atom is -0.0625 e. The lowest BCUT2D eigenvalue weighted by Gasteiger charge is -2.20. The summed E-state index contributed by atoms with van der Waals surface area (Å²) in [4.78, 5) is 0. The minimum absolute atomic E-state index is 0.648. The molecule has 5 aromatic carbocycles. The fourth-order valence-electron chi connectivity index (χ4n) is 6.49. The molecule has 0 saturated heterocycles. The Balaban J connectivity index is 1.96. The highest BCUT2D eigenvalue weighted by Crippen LogP contribution is 2.43. The standard InChI is InChI=1S/C36H44/c1-21(2)9-25-13-29-14-26(10-22(3)4)19-33-34-20-28(12-24(7)8)16-30-15-27(11-23(5)6)18-32(36(30)34)31(17-25)35(29)33/h13-24H,9-12H2,1-8H3. The summed E-state index contributed by atoms with van der Waals surface area (Å²) in [6.07, 6.45) is 4.51. The van der Waals surface area contributed by atoms with Crippen LogP contribution in [0.15, 0.2) is 48.5 Å². The van der Waals surface area contributed by atoms with Gasteiger partial charge in [0.2, 0.25) is 0 Å². The van der Waals surface area contributed by atoms with Gasteiger partial charge in [-0.15, -0.1) is 0 Å². The van der Waals surface area contributed by atoms with Crippen LogP contribution in [0.1, 0.15) is 77.6 Å². The van der Waals surface area contributed by atoms with E-state index in [0.29, 0.717) is 23.7 Å². The van der Waals surface area contributed by atoms with Gasteiger partial charge in [0, 0.05) is 0 Å². The van der Waals surface area contributed by atoms with Gasteiger partial charge in [0.1, 0.15) is 0 Å². The lowest BCUT2D eigenvalue weighted by atomic mass is 9.83. The average Bonchev–Trinajstić information content (AvgIpc) is 2.74. The highest BCUT2D eigenvalue weighted by atomic mass is 14.2. The summed E-state index contributed by atoms with van der Waals surface area (Å²) in [5, 5.41) is 11.6. The largest absolute Gasteiger partial charge is 0.0625 e. The highest BCUT2D eigenvalue weighted by molar-refractivity contribution is 6.33. The maximum Gasteiger partial charge on any atom is -0.00260 e. The van der Waals surface area contributed by atoms with Crippen LogP contribution in [0.3, 0.4) is 0 Å². The first-order chi connectivity index (χ1) is 17.1. The lowest BCUT2D eigenvalue weighted by molar-refractivity contribution is 0.646. The van der Waals surface area contributed by atoms with E-state index in [-0.39, 0.29) is 0 Å². The molecule has 0 fully saturated rings. The van der Waals surface area contributed by atoms with Gasteiger partial charge in [0.25, 0.3) is 0 Å². The SMILES string of the molecule is CC(C)Cc1cc2cc(CC(C)C)cc3c4cc(CC(C)C)cc5cc(CC(C)C)cc(c(c1)c23)c54. The van der Waals surface area contributed by atoms with Crippen LogP contribution >= 0.6 is 0 Å². The minimum atomic E-state index is 0.648. The Kier molecular flexibility index (Phi) is 6.75. The molecule has 0 radical (unpaired) electrons. The molecule has 0 amide bonds. The van der Waals surface area contributed by atoms with Gasteiger partial charge < -0.3 is 0 Å². The van der Waals surface area contributed by atoms with E-state index >= 15 is 0 Å². The summed E-state index contributed by atoms with van der Waals surface area (Å²) in [5.74, 6) is 2.59. The topological polar surface area (TPSA) is 0 Å². The predicted molar refractivity (Wildman–Crippen MR) is 162 cm³/mol. The Hall–Kier alpha value is -2.60. The van der Waals surface area contributed by atoms with Crippen LogP contribution in [-0.4, -0.2) is 0 Å².